The van der Waals surface area contributed by atoms with E-state index < -0.39 is 40.3 Å². The van der Waals surface area contributed by atoms with Gasteiger partial charge in [-0.25, -0.2) is 9.59 Å². The molecule has 1 amide bonds. The Kier molecular flexibility index (Phi) is 7.26. The zero-order chi connectivity index (χ0) is 21.1. The Bertz CT molecular complexity index is 746. The number of carbonyl (C=O) groups excluding carboxylic acids is 2. The molecule has 2 rings (SSSR count). The summed E-state index contributed by atoms with van der Waals surface area (Å²) in [6, 6.07) is 8.20. The third-order valence-electron chi connectivity index (χ3n) is 4.10. The second-order valence-corrected chi connectivity index (χ2v) is 9.25. The van der Waals surface area contributed by atoms with E-state index in [0.29, 0.717) is 5.56 Å². The van der Waals surface area contributed by atoms with E-state index in [2.05, 4.69) is 0 Å². The second-order valence-electron chi connectivity index (χ2n) is 6.73. The highest BCUT2D eigenvalue weighted by Gasteiger charge is 2.56. The fourth-order valence-corrected chi connectivity index (χ4v) is 3.37. The molecule has 1 unspecified atom stereocenters. The van der Waals surface area contributed by atoms with Gasteiger partial charge in [-0.2, -0.15) is 0 Å². The van der Waals surface area contributed by atoms with Gasteiger partial charge < -0.3 is 14.2 Å². The topological polar surface area (TPSA) is 65.1 Å². The molecule has 6 nitrogen and oxygen atoms in total. The van der Waals surface area contributed by atoms with Crippen LogP contribution < -0.4 is 0 Å². The fourth-order valence-electron chi connectivity index (χ4n) is 3.20. The summed E-state index contributed by atoms with van der Waals surface area (Å²) in [5.41, 5.74) is 0.275. The molecule has 0 aromatic heterocycles. The van der Waals surface area contributed by atoms with Gasteiger partial charge in [-0.05, 0) is 32.4 Å². The van der Waals surface area contributed by atoms with Crippen molar-refractivity contribution in [2.45, 2.75) is 42.4 Å². The molecule has 3 atom stereocenters. The molecule has 0 spiro atoms. The van der Waals surface area contributed by atoms with Crippen LogP contribution in [0.15, 0.2) is 42.0 Å². The van der Waals surface area contributed by atoms with Crippen molar-refractivity contribution in [2.24, 2.45) is 0 Å². The van der Waals surface area contributed by atoms with E-state index >= 15 is 0 Å². The minimum atomic E-state index is -1.77. The average Bonchev–Trinajstić information content (AvgIpc) is 2.91. The maximum absolute atomic E-state index is 13.0. The predicted octanol–water partition coefficient (Wildman–Crippen LogP) is 4.79. The highest BCUT2D eigenvalue weighted by atomic mass is 35.6. The summed E-state index contributed by atoms with van der Waals surface area (Å²) < 4.78 is 14.4. The number of alkyl halides is 3. The van der Waals surface area contributed by atoms with E-state index in [4.69, 9.17) is 49.0 Å². The van der Waals surface area contributed by atoms with Gasteiger partial charge in [-0.15, -0.1) is 0 Å². The minimum absolute atomic E-state index is 0.456. The number of nitrogens with zero attached hydrogens (tertiary/aromatic N) is 1. The molecule has 1 aromatic rings. The summed E-state index contributed by atoms with van der Waals surface area (Å²) >= 11 is 17.1. The highest BCUT2D eigenvalue weighted by molar-refractivity contribution is 6.67. The lowest BCUT2D eigenvalue weighted by Crippen LogP contribution is -2.47. The highest BCUT2D eigenvalue weighted by Crippen LogP contribution is 2.44. The first-order chi connectivity index (χ1) is 13.0. The number of rotatable bonds is 4. The van der Waals surface area contributed by atoms with Crippen LogP contribution in [-0.2, 0) is 19.0 Å². The molecule has 0 N–H and O–H groups in total. The van der Waals surface area contributed by atoms with E-state index in [-0.39, 0.29) is 0 Å². The molecule has 154 valence electrons. The number of halogens is 3. The predicted molar refractivity (Wildman–Crippen MR) is 107 cm³/mol. The average molecular weight is 451 g/mol. The number of carbonyl (C=O) groups is 2. The van der Waals surface area contributed by atoms with Crippen molar-refractivity contribution in [1.29, 1.82) is 0 Å². The molecule has 0 aliphatic carbocycles. The number of allylic oxidation sites excluding steroid dienone is 1. The van der Waals surface area contributed by atoms with Gasteiger partial charge in [0.2, 0.25) is 3.79 Å². The van der Waals surface area contributed by atoms with Gasteiger partial charge in [0.1, 0.15) is 12.6 Å². The third-order valence-corrected chi connectivity index (χ3v) is 4.42. The van der Waals surface area contributed by atoms with E-state index in [1.165, 1.54) is 12.0 Å². The molecule has 0 bridgehead atoms. The Hall–Kier alpha value is -1.47. The van der Waals surface area contributed by atoms with Crippen molar-refractivity contribution in [3.8, 4) is 0 Å². The van der Waals surface area contributed by atoms with Crippen LogP contribution in [0.2, 0.25) is 0 Å². The quantitative estimate of drug-likeness (QED) is 0.375. The fraction of sp³-hybridized carbons (Fsp3) is 0.474. The van der Waals surface area contributed by atoms with Crippen LogP contribution in [0.1, 0.15) is 32.4 Å². The number of hydrogen-bond acceptors (Lipinski definition) is 5. The van der Waals surface area contributed by atoms with E-state index in [0.717, 1.165) is 5.57 Å². The van der Waals surface area contributed by atoms with Crippen LogP contribution in [0, 0.1) is 0 Å². The van der Waals surface area contributed by atoms with Crippen molar-refractivity contribution in [3.63, 3.8) is 0 Å². The minimum Gasteiger partial charge on any atom is -0.467 e. The zero-order valence-corrected chi connectivity index (χ0v) is 18.2. The molecule has 1 aromatic carbocycles. The summed E-state index contributed by atoms with van der Waals surface area (Å²) in [6.07, 6.45) is -0.123. The van der Waals surface area contributed by atoms with Gasteiger partial charge in [0, 0.05) is 0 Å². The molecule has 1 fully saturated rings. The Morgan fingerprint density at radius 3 is 2.36 bits per heavy atom. The van der Waals surface area contributed by atoms with Gasteiger partial charge in [-0.3, -0.25) is 4.90 Å². The van der Waals surface area contributed by atoms with Crippen molar-refractivity contribution < 1.29 is 23.8 Å². The number of esters is 1. The van der Waals surface area contributed by atoms with Crippen LogP contribution in [0.3, 0.4) is 0 Å². The second kappa shape index (κ2) is 8.91. The van der Waals surface area contributed by atoms with Crippen LogP contribution >= 0.6 is 34.8 Å². The number of amides is 1. The van der Waals surface area contributed by atoms with Gasteiger partial charge in [0.15, 0.2) is 11.8 Å². The first-order valence-corrected chi connectivity index (χ1v) is 9.61. The van der Waals surface area contributed by atoms with Crippen molar-refractivity contribution >= 4 is 46.9 Å². The summed E-state index contributed by atoms with van der Waals surface area (Å²) in [5.74, 6) is -0.612. The van der Waals surface area contributed by atoms with E-state index in [1.54, 1.807) is 37.3 Å². The maximum Gasteiger partial charge on any atom is 0.413 e. The Labute approximate surface area is 179 Å². The van der Waals surface area contributed by atoms with Crippen molar-refractivity contribution in [2.75, 3.05) is 13.7 Å². The van der Waals surface area contributed by atoms with Gasteiger partial charge in [0.05, 0.1) is 7.11 Å². The zero-order valence-electron chi connectivity index (χ0n) is 15.9. The smallest absolute Gasteiger partial charge is 0.413 e. The molecule has 1 heterocycles. The Morgan fingerprint density at radius 2 is 1.86 bits per heavy atom. The molecular weight excluding hydrogens is 429 g/mol. The molecule has 1 saturated heterocycles. The summed E-state index contributed by atoms with van der Waals surface area (Å²) in [7, 11) is 1.26. The molecule has 1 aliphatic rings. The van der Waals surface area contributed by atoms with Crippen LogP contribution in [-0.4, -0.2) is 46.3 Å². The third kappa shape index (κ3) is 5.32. The monoisotopic (exact) mass is 449 g/mol. The van der Waals surface area contributed by atoms with Crippen LogP contribution in [0.25, 0.3) is 0 Å². The molecule has 0 saturated carbocycles. The number of methoxy groups -OCH3 is 1. The van der Waals surface area contributed by atoms with Crippen LogP contribution in [0.5, 0.6) is 0 Å². The number of benzene rings is 1. The largest absolute Gasteiger partial charge is 0.467 e. The lowest BCUT2D eigenvalue weighted by molar-refractivity contribution is -0.156. The summed E-state index contributed by atoms with van der Waals surface area (Å²) in [5, 5.41) is 0. The van der Waals surface area contributed by atoms with E-state index in [9.17, 15) is 9.59 Å². The lowest BCUT2D eigenvalue weighted by Gasteiger charge is -2.34. The molecule has 1 aliphatic heterocycles. The molecule has 9 heteroatoms. The number of ether oxygens (including phenoxy) is 3. The standard InChI is InChI=1S/C19H22Cl3NO5/c1-12(2)10-18(3)23(17(25)27-11-19(20,21)22)14(13-8-6-5-7-9-13)15(28-18)16(24)26-4/h5-10,14-15H,11H2,1-4H3/t14-,15+,18?/m0/s1. The maximum atomic E-state index is 13.0. The molecule has 28 heavy (non-hydrogen) atoms. The number of hydrogen-bond donors (Lipinski definition) is 0. The van der Waals surface area contributed by atoms with Crippen molar-refractivity contribution in [3.05, 3.63) is 47.5 Å². The SMILES string of the molecule is COC(=O)[C@@H]1OC(C)(C=C(C)C)N(C(=O)OCC(Cl)(Cl)Cl)[C@H]1c1ccccc1. The Morgan fingerprint density at radius 1 is 1.25 bits per heavy atom. The molecule has 0 radical (unpaired) electrons. The first-order valence-electron chi connectivity index (χ1n) is 8.48. The van der Waals surface area contributed by atoms with Gasteiger partial charge in [-0.1, -0.05) is 70.7 Å². The first kappa shape index (κ1) is 22.8. The van der Waals surface area contributed by atoms with E-state index in [1.807, 2.05) is 19.9 Å². The van der Waals surface area contributed by atoms with Crippen LogP contribution in [0.4, 0.5) is 4.79 Å². The van der Waals surface area contributed by atoms with Gasteiger partial charge >= 0.3 is 12.1 Å². The summed E-state index contributed by atoms with van der Waals surface area (Å²) in [4.78, 5) is 26.8. The normalized spacial score (nSPS) is 24.6. The van der Waals surface area contributed by atoms with Crippen molar-refractivity contribution in [1.82, 2.24) is 4.90 Å². The summed E-state index contributed by atoms with van der Waals surface area (Å²) in [6.45, 7) is 4.91. The van der Waals surface area contributed by atoms with Gasteiger partial charge in [0.25, 0.3) is 0 Å². The lowest BCUT2D eigenvalue weighted by atomic mass is 10.00. The Balaban J connectivity index is 2.54. The molecular formula is C19H22Cl3NO5.